The van der Waals surface area contributed by atoms with E-state index >= 15 is 0 Å². The highest BCUT2D eigenvalue weighted by atomic mass is 32.2. The lowest BCUT2D eigenvalue weighted by atomic mass is 9.77. The Labute approximate surface area is 172 Å². The summed E-state index contributed by atoms with van der Waals surface area (Å²) in [7, 11) is -2.29. The average molecular weight is 414 g/mol. The molecular formula is C23H27NO4S. The molecule has 0 unspecified atom stereocenters. The molecule has 2 aliphatic heterocycles. The molecule has 0 N–H and O–H groups in total. The van der Waals surface area contributed by atoms with E-state index in [4.69, 9.17) is 4.74 Å². The van der Waals surface area contributed by atoms with Crippen LogP contribution in [0.1, 0.15) is 41.9 Å². The summed E-state index contributed by atoms with van der Waals surface area (Å²) in [4.78, 5) is 13.1. The van der Waals surface area contributed by atoms with E-state index in [2.05, 4.69) is 12.1 Å². The highest BCUT2D eigenvalue weighted by Gasteiger charge is 2.55. The number of carbonyl (C=O) groups excluding carboxylic acids is 1. The molecule has 0 amide bonds. The van der Waals surface area contributed by atoms with Gasteiger partial charge in [0.05, 0.1) is 17.9 Å². The molecule has 4 atom stereocenters. The van der Waals surface area contributed by atoms with Crippen LogP contribution in [0, 0.1) is 19.8 Å². The first kappa shape index (κ1) is 20.1. The molecule has 2 aromatic rings. The molecule has 2 aromatic carbocycles. The van der Waals surface area contributed by atoms with Crippen LogP contribution in [0.4, 0.5) is 0 Å². The molecule has 2 aliphatic rings. The van der Waals surface area contributed by atoms with E-state index in [0.29, 0.717) is 12.8 Å². The topological polar surface area (TPSA) is 63.7 Å². The van der Waals surface area contributed by atoms with E-state index in [1.807, 2.05) is 38.1 Å². The quantitative estimate of drug-likeness (QED) is 0.715. The number of carbonyl (C=O) groups is 1. The fourth-order valence-corrected chi connectivity index (χ4v) is 6.88. The van der Waals surface area contributed by atoms with Gasteiger partial charge in [-0.3, -0.25) is 4.79 Å². The first-order chi connectivity index (χ1) is 13.8. The molecule has 4 rings (SSSR count). The number of aryl methyl sites for hydroxylation is 2. The van der Waals surface area contributed by atoms with E-state index in [-0.39, 0.29) is 28.9 Å². The van der Waals surface area contributed by atoms with Gasteiger partial charge in [0, 0.05) is 18.0 Å². The molecule has 2 fully saturated rings. The fourth-order valence-electron chi connectivity index (χ4n) is 4.98. The van der Waals surface area contributed by atoms with Crippen LogP contribution in [0.15, 0.2) is 53.4 Å². The lowest BCUT2D eigenvalue weighted by Crippen LogP contribution is -2.53. The molecular weight excluding hydrogens is 386 g/mol. The molecule has 2 heterocycles. The summed E-state index contributed by atoms with van der Waals surface area (Å²) in [6.45, 7) is 3.96. The van der Waals surface area contributed by atoms with Crippen LogP contribution in [0.25, 0.3) is 0 Å². The van der Waals surface area contributed by atoms with E-state index in [0.717, 1.165) is 23.1 Å². The molecule has 2 bridgehead atoms. The summed E-state index contributed by atoms with van der Waals surface area (Å²) in [5.74, 6) is -0.864. The maximum Gasteiger partial charge on any atom is 0.310 e. The van der Waals surface area contributed by atoms with Gasteiger partial charge in [0.1, 0.15) is 0 Å². The summed E-state index contributed by atoms with van der Waals surface area (Å²) < 4.78 is 33.7. The first-order valence-electron chi connectivity index (χ1n) is 10.1. The minimum Gasteiger partial charge on any atom is -0.469 e. The molecule has 0 saturated carbocycles. The van der Waals surface area contributed by atoms with Crippen molar-refractivity contribution >= 4 is 16.0 Å². The van der Waals surface area contributed by atoms with Gasteiger partial charge >= 0.3 is 5.97 Å². The van der Waals surface area contributed by atoms with Crippen molar-refractivity contribution in [3.05, 3.63) is 65.2 Å². The second-order valence-electron chi connectivity index (χ2n) is 8.25. The number of sulfonamides is 1. The van der Waals surface area contributed by atoms with Crippen LogP contribution in [0.5, 0.6) is 0 Å². The van der Waals surface area contributed by atoms with Crippen molar-refractivity contribution in [3.8, 4) is 0 Å². The van der Waals surface area contributed by atoms with Gasteiger partial charge < -0.3 is 4.74 Å². The van der Waals surface area contributed by atoms with Crippen LogP contribution >= 0.6 is 0 Å². The van der Waals surface area contributed by atoms with Crippen molar-refractivity contribution in [1.82, 2.24) is 4.31 Å². The van der Waals surface area contributed by atoms with E-state index in [1.165, 1.54) is 7.11 Å². The lowest BCUT2D eigenvalue weighted by Gasteiger charge is -2.42. The maximum atomic E-state index is 13.5. The van der Waals surface area contributed by atoms with Crippen LogP contribution in [-0.2, 0) is 19.6 Å². The zero-order valence-electron chi connectivity index (χ0n) is 17.0. The predicted octanol–water partition coefficient (Wildman–Crippen LogP) is 3.80. The SMILES string of the molecule is COC(=O)[C@H]1[C@@H](c2ccc(C)cc2)C[C@@H]2CC[C@H]1N2S(=O)(=O)c1ccc(C)cc1. The number of hydrogen-bond acceptors (Lipinski definition) is 4. The number of ether oxygens (including phenoxy) is 1. The molecule has 0 aromatic heterocycles. The van der Waals surface area contributed by atoms with Crippen LogP contribution < -0.4 is 0 Å². The van der Waals surface area contributed by atoms with E-state index in [9.17, 15) is 13.2 Å². The largest absolute Gasteiger partial charge is 0.469 e. The minimum atomic E-state index is -3.68. The number of piperidine rings is 1. The van der Waals surface area contributed by atoms with Crippen LogP contribution in [-0.4, -0.2) is 37.9 Å². The number of nitrogens with zero attached hydrogens (tertiary/aromatic N) is 1. The number of methoxy groups -OCH3 is 1. The number of hydrogen-bond donors (Lipinski definition) is 0. The van der Waals surface area contributed by atoms with Crippen molar-refractivity contribution in [1.29, 1.82) is 0 Å². The summed E-state index contributed by atoms with van der Waals surface area (Å²) in [5, 5.41) is 0. The number of esters is 1. The molecule has 154 valence electrons. The van der Waals surface area contributed by atoms with Gasteiger partial charge in [0.2, 0.25) is 10.0 Å². The van der Waals surface area contributed by atoms with Crippen molar-refractivity contribution in [2.75, 3.05) is 7.11 Å². The summed E-state index contributed by atoms with van der Waals surface area (Å²) in [6, 6.07) is 14.7. The Morgan fingerprint density at radius 3 is 2.14 bits per heavy atom. The predicted molar refractivity (Wildman–Crippen MR) is 111 cm³/mol. The third kappa shape index (κ3) is 3.49. The Morgan fingerprint density at radius 1 is 0.966 bits per heavy atom. The van der Waals surface area contributed by atoms with E-state index in [1.54, 1.807) is 16.4 Å². The Hall–Kier alpha value is -2.18. The Bertz CT molecular complexity index is 998. The van der Waals surface area contributed by atoms with Crippen molar-refractivity contribution in [2.24, 2.45) is 5.92 Å². The molecule has 5 nitrogen and oxygen atoms in total. The smallest absolute Gasteiger partial charge is 0.310 e. The van der Waals surface area contributed by atoms with Gasteiger partial charge in [-0.05, 0) is 50.8 Å². The van der Waals surface area contributed by atoms with Crippen LogP contribution in [0.2, 0.25) is 0 Å². The molecule has 0 spiro atoms. The first-order valence-corrected chi connectivity index (χ1v) is 11.5. The Morgan fingerprint density at radius 2 is 1.55 bits per heavy atom. The summed E-state index contributed by atoms with van der Waals surface area (Å²) in [6.07, 6.45) is 2.08. The minimum absolute atomic E-state index is 0.0370. The second-order valence-corrected chi connectivity index (χ2v) is 10.1. The Kier molecular flexibility index (Phi) is 5.25. The van der Waals surface area contributed by atoms with Crippen molar-refractivity contribution < 1.29 is 17.9 Å². The molecule has 0 radical (unpaired) electrons. The van der Waals surface area contributed by atoms with Crippen LogP contribution in [0.3, 0.4) is 0 Å². The van der Waals surface area contributed by atoms with Gasteiger partial charge in [0.25, 0.3) is 0 Å². The monoisotopic (exact) mass is 413 g/mol. The second kappa shape index (κ2) is 7.58. The van der Waals surface area contributed by atoms with Gasteiger partial charge in [-0.25, -0.2) is 8.42 Å². The zero-order chi connectivity index (χ0) is 20.8. The fraction of sp³-hybridized carbons (Fsp3) is 0.435. The molecule has 29 heavy (non-hydrogen) atoms. The number of fused-ring (bicyclic) bond motifs is 2. The van der Waals surface area contributed by atoms with E-state index < -0.39 is 15.9 Å². The highest BCUT2D eigenvalue weighted by molar-refractivity contribution is 7.89. The highest BCUT2D eigenvalue weighted by Crippen LogP contribution is 2.49. The van der Waals surface area contributed by atoms with Crippen molar-refractivity contribution in [2.45, 2.75) is 56.0 Å². The number of rotatable bonds is 4. The third-order valence-electron chi connectivity index (χ3n) is 6.43. The summed E-state index contributed by atoms with van der Waals surface area (Å²) >= 11 is 0. The average Bonchev–Trinajstić information content (AvgIpc) is 3.03. The van der Waals surface area contributed by atoms with Crippen molar-refractivity contribution in [3.63, 3.8) is 0 Å². The summed E-state index contributed by atoms with van der Waals surface area (Å²) in [5.41, 5.74) is 3.25. The number of benzene rings is 2. The Balaban J connectivity index is 1.74. The standard InChI is InChI=1S/C23H27NO4S/c1-15-4-8-17(9-5-15)20-14-18-10-13-21(22(20)23(25)28-3)24(18)29(26,27)19-11-6-16(2)7-12-19/h4-9,11-12,18,20-22H,10,13-14H2,1-3H3/t18-,20+,21+,22-/m0/s1. The maximum absolute atomic E-state index is 13.5. The molecule has 0 aliphatic carbocycles. The van der Waals surface area contributed by atoms with Gasteiger partial charge in [-0.15, -0.1) is 0 Å². The third-order valence-corrected chi connectivity index (χ3v) is 8.42. The molecule has 6 heteroatoms. The van der Waals surface area contributed by atoms with Gasteiger partial charge in [-0.2, -0.15) is 4.31 Å². The lowest BCUT2D eigenvalue weighted by molar-refractivity contribution is -0.149. The zero-order valence-corrected chi connectivity index (χ0v) is 17.9. The normalized spacial score (nSPS) is 27.0. The van der Waals surface area contributed by atoms with Gasteiger partial charge in [0.15, 0.2) is 0 Å². The van der Waals surface area contributed by atoms with Gasteiger partial charge in [-0.1, -0.05) is 47.5 Å². The molecule has 2 saturated heterocycles.